The molecule has 2 aromatic heterocycles. The standard InChI is InChI=1S/C15H18ClN3O2/c16-9-3-4-11-10(7-9)13-14(21-11)15(20)18-12(17-13)8-19-5-1-2-6-19/h9H,1-8H2,(H,17,18,20). The molecule has 112 valence electrons. The van der Waals surface area contributed by atoms with Gasteiger partial charge >= 0.3 is 0 Å². The summed E-state index contributed by atoms with van der Waals surface area (Å²) in [6, 6.07) is 0. The van der Waals surface area contributed by atoms with Crippen LogP contribution in [0.1, 0.15) is 36.4 Å². The molecule has 0 aromatic carbocycles. The maximum atomic E-state index is 12.2. The Morgan fingerprint density at radius 1 is 1.38 bits per heavy atom. The predicted molar refractivity (Wildman–Crippen MR) is 80.8 cm³/mol. The molecule has 6 heteroatoms. The van der Waals surface area contributed by atoms with Crippen LogP contribution in [0.15, 0.2) is 9.21 Å². The summed E-state index contributed by atoms with van der Waals surface area (Å²) in [5.74, 6) is 1.62. The van der Waals surface area contributed by atoms with Gasteiger partial charge in [-0.05, 0) is 38.8 Å². The summed E-state index contributed by atoms with van der Waals surface area (Å²) in [4.78, 5) is 22.1. The van der Waals surface area contributed by atoms with Gasteiger partial charge in [0.05, 0.1) is 6.54 Å². The molecule has 0 saturated carbocycles. The summed E-state index contributed by atoms with van der Waals surface area (Å²) in [5, 5.41) is 0.112. The van der Waals surface area contributed by atoms with E-state index >= 15 is 0 Å². The van der Waals surface area contributed by atoms with E-state index < -0.39 is 0 Å². The van der Waals surface area contributed by atoms with Gasteiger partial charge < -0.3 is 9.40 Å². The molecule has 0 bridgehead atoms. The molecule has 3 heterocycles. The zero-order valence-electron chi connectivity index (χ0n) is 11.8. The van der Waals surface area contributed by atoms with Crippen LogP contribution in [0.25, 0.3) is 11.1 Å². The summed E-state index contributed by atoms with van der Waals surface area (Å²) < 4.78 is 5.72. The molecule has 21 heavy (non-hydrogen) atoms. The van der Waals surface area contributed by atoms with Crippen LogP contribution in [0.4, 0.5) is 0 Å². The lowest BCUT2D eigenvalue weighted by atomic mass is 9.97. The van der Waals surface area contributed by atoms with Gasteiger partial charge in [-0.2, -0.15) is 0 Å². The Hall–Kier alpha value is -1.33. The van der Waals surface area contributed by atoms with Crippen LogP contribution in [0, 0.1) is 0 Å². The van der Waals surface area contributed by atoms with Crippen LogP contribution in [0.2, 0.25) is 0 Å². The molecule has 2 aliphatic rings. The Labute approximate surface area is 127 Å². The topological polar surface area (TPSA) is 62.1 Å². The molecule has 0 spiro atoms. The van der Waals surface area contributed by atoms with Crippen molar-refractivity contribution in [2.45, 2.75) is 44.0 Å². The van der Waals surface area contributed by atoms with Crippen molar-refractivity contribution in [2.24, 2.45) is 0 Å². The van der Waals surface area contributed by atoms with Gasteiger partial charge in [-0.25, -0.2) is 4.98 Å². The van der Waals surface area contributed by atoms with Crippen molar-refractivity contribution in [3.63, 3.8) is 0 Å². The first kappa shape index (κ1) is 13.3. The second-order valence-electron chi connectivity index (χ2n) is 6.02. The number of furan rings is 1. The van der Waals surface area contributed by atoms with Crippen molar-refractivity contribution < 1.29 is 4.42 Å². The maximum absolute atomic E-state index is 12.2. The van der Waals surface area contributed by atoms with Gasteiger partial charge in [0, 0.05) is 17.4 Å². The fraction of sp³-hybridized carbons (Fsp3) is 0.600. The number of hydrogen-bond acceptors (Lipinski definition) is 4. The van der Waals surface area contributed by atoms with E-state index in [4.69, 9.17) is 16.0 Å². The number of H-pyrrole nitrogens is 1. The first-order valence-corrected chi connectivity index (χ1v) is 8.04. The third-order valence-electron chi connectivity index (χ3n) is 4.46. The molecule has 0 amide bonds. The van der Waals surface area contributed by atoms with Crippen molar-refractivity contribution in [1.29, 1.82) is 0 Å². The number of nitrogens with zero attached hydrogens (tertiary/aromatic N) is 2. The molecular formula is C15H18ClN3O2. The third kappa shape index (κ3) is 2.38. The molecule has 1 N–H and O–H groups in total. The second-order valence-corrected chi connectivity index (χ2v) is 6.63. The van der Waals surface area contributed by atoms with Gasteiger partial charge in [0.25, 0.3) is 5.56 Å². The van der Waals surface area contributed by atoms with Crippen LogP contribution in [-0.2, 0) is 19.4 Å². The Balaban J connectivity index is 1.77. The minimum atomic E-state index is -0.172. The normalized spacial score (nSPS) is 22.8. The number of alkyl halides is 1. The molecule has 4 rings (SSSR count). The third-order valence-corrected chi connectivity index (χ3v) is 4.83. The van der Waals surface area contributed by atoms with Gasteiger partial charge in [-0.1, -0.05) is 0 Å². The Morgan fingerprint density at radius 3 is 3.00 bits per heavy atom. The number of likely N-dealkylation sites (tertiary alicyclic amines) is 1. The van der Waals surface area contributed by atoms with Gasteiger partial charge in [-0.15, -0.1) is 11.6 Å². The van der Waals surface area contributed by atoms with E-state index in [9.17, 15) is 4.79 Å². The molecule has 1 aliphatic heterocycles. The second kappa shape index (κ2) is 5.14. The van der Waals surface area contributed by atoms with E-state index in [1.54, 1.807) is 0 Å². The molecule has 1 unspecified atom stereocenters. The lowest BCUT2D eigenvalue weighted by Crippen LogP contribution is -2.22. The van der Waals surface area contributed by atoms with Crippen molar-refractivity contribution >= 4 is 22.7 Å². The molecule has 1 atom stereocenters. The van der Waals surface area contributed by atoms with E-state index in [1.807, 2.05) is 0 Å². The number of aryl methyl sites for hydroxylation is 1. The summed E-state index contributed by atoms with van der Waals surface area (Å²) in [6.07, 6.45) is 4.88. The number of aromatic nitrogens is 2. The monoisotopic (exact) mass is 307 g/mol. The molecule has 1 fully saturated rings. The Kier molecular flexibility index (Phi) is 3.27. The van der Waals surface area contributed by atoms with Crippen LogP contribution in [-0.4, -0.2) is 33.3 Å². The average molecular weight is 308 g/mol. The van der Waals surface area contributed by atoms with Gasteiger partial charge in [-0.3, -0.25) is 9.69 Å². The van der Waals surface area contributed by atoms with Gasteiger partial charge in [0.1, 0.15) is 17.1 Å². The first-order valence-electron chi connectivity index (χ1n) is 7.60. The Morgan fingerprint density at radius 2 is 2.19 bits per heavy atom. The predicted octanol–water partition coefficient (Wildman–Crippen LogP) is 2.21. The van der Waals surface area contributed by atoms with Crippen LogP contribution >= 0.6 is 11.6 Å². The van der Waals surface area contributed by atoms with Crippen LogP contribution in [0.5, 0.6) is 0 Å². The fourth-order valence-electron chi connectivity index (χ4n) is 3.38. The van der Waals surface area contributed by atoms with E-state index in [2.05, 4.69) is 14.9 Å². The summed E-state index contributed by atoms with van der Waals surface area (Å²) >= 11 is 6.26. The lowest BCUT2D eigenvalue weighted by Gasteiger charge is -2.15. The van der Waals surface area contributed by atoms with Crippen molar-refractivity contribution in [3.05, 3.63) is 27.5 Å². The lowest BCUT2D eigenvalue weighted by molar-refractivity contribution is 0.322. The highest BCUT2D eigenvalue weighted by Gasteiger charge is 2.26. The number of nitrogens with one attached hydrogen (secondary N) is 1. The fourth-order valence-corrected chi connectivity index (χ4v) is 3.64. The van der Waals surface area contributed by atoms with Gasteiger partial charge in [0.15, 0.2) is 0 Å². The van der Waals surface area contributed by atoms with E-state index in [-0.39, 0.29) is 10.9 Å². The van der Waals surface area contributed by atoms with E-state index in [0.717, 1.165) is 49.5 Å². The minimum absolute atomic E-state index is 0.112. The molecule has 1 saturated heterocycles. The molecular weight excluding hydrogens is 290 g/mol. The number of fused-ring (bicyclic) bond motifs is 3. The molecule has 5 nitrogen and oxygen atoms in total. The SMILES string of the molecule is O=c1[nH]c(CN2CCCC2)nc2c3c(oc12)CCC(Cl)C3. The van der Waals surface area contributed by atoms with Crippen LogP contribution in [0.3, 0.4) is 0 Å². The van der Waals surface area contributed by atoms with Gasteiger partial charge in [0.2, 0.25) is 5.58 Å². The van der Waals surface area contributed by atoms with Crippen molar-refractivity contribution in [3.8, 4) is 0 Å². The van der Waals surface area contributed by atoms with E-state index in [0.29, 0.717) is 17.6 Å². The molecule has 2 aromatic rings. The summed E-state index contributed by atoms with van der Waals surface area (Å²) in [7, 11) is 0. The Bertz CT molecular complexity index is 730. The maximum Gasteiger partial charge on any atom is 0.294 e. The molecule has 1 aliphatic carbocycles. The van der Waals surface area contributed by atoms with Crippen LogP contribution < -0.4 is 5.56 Å². The number of halogens is 1. The smallest absolute Gasteiger partial charge is 0.294 e. The average Bonchev–Trinajstić information content (AvgIpc) is 3.07. The first-order chi connectivity index (χ1) is 10.2. The number of rotatable bonds is 2. The van der Waals surface area contributed by atoms with Crippen molar-refractivity contribution in [2.75, 3.05) is 13.1 Å². The highest BCUT2D eigenvalue weighted by molar-refractivity contribution is 6.20. The zero-order valence-corrected chi connectivity index (χ0v) is 12.6. The number of hydrogen-bond donors (Lipinski definition) is 1. The van der Waals surface area contributed by atoms with E-state index in [1.165, 1.54) is 12.8 Å². The van der Waals surface area contributed by atoms with Crippen molar-refractivity contribution in [1.82, 2.24) is 14.9 Å². The summed E-state index contributed by atoms with van der Waals surface area (Å²) in [6.45, 7) is 2.86. The highest BCUT2D eigenvalue weighted by Crippen LogP contribution is 2.31. The number of aromatic amines is 1. The highest BCUT2D eigenvalue weighted by atomic mass is 35.5. The zero-order chi connectivity index (χ0) is 14.4. The quantitative estimate of drug-likeness (QED) is 0.864. The largest absolute Gasteiger partial charge is 0.453 e. The minimum Gasteiger partial charge on any atom is -0.453 e. The molecule has 0 radical (unpaired) electrons. The summed E-state index contributed by atoms with van der Waals surface area (Å²) in [5.41, 5.74) is 1.93.